The van der Waals surface area contributed by atoms with Crippen molar-refractivity contribution in [2.75, 3.05) is 27.2 Å². The Morgan fingerprint density at radius 1 is 1.30 bits per heavy atom. The van der Waals surface area contributed by atoms with Crippen molar-refractivity contribution in [1.82, 2.24) is 15.0 Å². The van der Waals surface area contributed by atoms with Gasteiger partial charge in [0.05, 0.1) is 7.11 Å². The zero-order valence-corrected chi connectivity index (χ0v) is 11.9. The Morgan fingerprint density at radius 2 is 2.10 bits per heavy atom. The first-order valence-electron chi connectivity index (χ1n) is 6.93. The summed E-state index contributed by atoms with van der Waals surface area (Å²) in [4.78, 5) is 6.88. The lowest BCUT2D eigenvalue weighted by molar-refractivity contribution is 0.227. The molecule has 1 aromatic heterocycles. The molecule has 2 aromatic rings. The highest BCUT2D eigenvalue weighted by Crippen LogP contribution is 2.28. The summed E-state index contributed by atoms with van der Waals surface area (Å²) < 4.78 is 10.7. The second kappa shape index (κ2) is 5.63. The number of hydrogen-bond donors (Lipinski definition) is 0. The maximum atomic E-state index is 5.45. The van der Waals surface area contributed by atoms with Crippen LogP contribution in [0, 0.1) is 0 Å². The van der Waals surface area contributed by atoms with Crippen LogP contribution < -0.4 is 4.74 Å². The van der Waals surface area contributed by atoms with Crippen molar-refractivity contribution < 1.29 is 9.26 Å². The minimum absolute atomic E-state index is 0.387. The molecule has 0 N–H and O–H groups in total. The Bertz CT molecular complexity index is 574. The van der Waals surface area contributed by atoms with Gasteiger partial charge in [-0.1, -0.05) is 17.3 Å². The summed E-state index contributed by atoms with van der Waals surface area (Å²) in [7, 11) is 3.80. The van der Waals surface area contributed by atoms with Gasteiger partial charge in [0.15, 0.2) is 0 Å². The highest BCUT2D eigenvalue weighted by molar-refractivity contribution is 5.56. The van der Waals surface area contributed by atoms with E-state index < -0.39 is 0 Å². The third kappa shape index (κ3) is 2.67. The topological polar surface area (TPSA) is 51.4 Å². The summed E-state index contributed by atoms with van der Waals surface area (Å²) in [6, 6.07) is 7.72. The molecule has 106 valence electrons. The van der Waals surface area contributed by atoms with Gasteiger partial charge >= 0.3 is 0 Å². The fraction of sp³-hybridized carbons (Fsp3) is 0.467. The minimum Gasteiger partial charge on any atom is -0.497 e. The number of hydrogen-bond acceptors (Lipinski definition) is 5. The highest BCUT2D eigenvalue weighted by Gasteiger charge is 2.23. The van der Waals surface area contributed by atoms with Gasteiger partial charge in [-0.15, -0.1) is 0 Å². The summed E-state index contributed by atoms with van der Waals surface area (Å²) in [6.07, 6.45) is 2.16. The lowest BCUT2D eigenvalue weighted by atomic mass is 9.97. The van der Waals surface area contributed by atoms with Gasteiger partial charge < -0.3 is 14.2 Å². The van der Waals surface area contributed by atoms with E-state index >= 15 is 0 Å². The molecular formula is C15H19N3O2. The summed E-state index contributed by atoms with van der Waals surface area (Å²) >= 11 is 0. The van der Waals surface area contributed by atoms with Gasteiger partial charge in [-0.05, 0) is 45.1 Å². The number of likely N-dealkylation sites (tertiary alicyclic amines) is 1. The summed E-state index contributed by atoms with van der Waals surface area (Å²) in [5.41, 5.74) is 0.923. The Kier molecular flexibility index (Phi) is 3.69. The molecule has 0 amide bonds. The molecule has 0 saturated carbocycles. The van der Waals surface area contributed by atoms with E-state index in [-0.39, 0.29) is 0 Å². The number of nitrogens with zero attached hydrogens (tertiary/aromatic N) is 3. The monoisotopic (exact) mass is 273 g/mol. The summed E-state index contributed by atoms with van der Waals surface area (Å²) in [5, 5.41) is 4.10. The number of rotatable bonds is 3. The molecule has 0 bridgehead atoms. The van der Waals surface area contributed by atoms with Crippen molar-refractivity contribution in [3.8, 4) is 17.1 Å². The Morgan fingerprint density at radius 3 is 2.85 bits per heavy atom. The second-order valence-electron chi connectivity index (χ2n) is 5.27. The lowest BCUT2D eigenvalue weighted by Gasteiger charge is -2.26. The highest BCUT2D eigenvalue weighted by atomic mass is 16.5. The van der Waals surface area contributed by atoms with Crippen molar-refractivity contribution in [1.29, 1.82) is 0 Å². The third-order valence-electron chi connectivity index (χ3n) is 3.84. The average Bonchev–Trinajstić information content (AvgIpc) is 2.98. The molecule has 0 spiro atoms. The molecule has 20 heavy (non-hydrogen) atoms. The normalized spacial score (nSPS) is 17.3. The van der Waals surface area contributed by atoms with Gasteiger partial charge in [0.25, 0.3) is 0 Å². The van der Waals surface area contributed by atoms with Crippen molar-refractivity contribution in [2.45, 2.75) is 18.8 Å². The van der Waals surface area contributed by atoms with Gasteiger partial charge in [-0.25, -0.2) is 0 Å². The second-order valence-corrected chi connectivity index (χ2v) is 5.27. The van der Waals surface area contributed by atoms with Crippen LogP contribution in [0.5, 0.6) is 5.75 Å². The number of piperidine rings is 1. The zero-order valence-electron chi connectivity index (χ0n) is 11.9. The van der Waals surface area contributed by atoms with Crippen LogP contribution in [0.25, 0.3) is 11.4 Å². The molecule has 0 radical (unpaired) electrons. The number of aromatic nitrogens is 2. The van der Waals surface area contributed by atoms with E-state index in [4.69, 9.17) is 9.26 Å². The molecular weight excluding hydrogens is 254 g/mol. The van der Waals surface area contributed by atoms with Gasteiger partial charge in [-0.2, -0.15) is 4.98 Å². The maximum absolute atomic E-state index is 5.45. The first kappa shape index (κ1) is 13.1. The van der Waals surface area contributed by atoms with Gasteiger partial charge in [0.1, 0.15) is 5.75 Å². The third-order valence-corrected chi connectivity index (χ3v) is 3.84. The molecule has 2 heterocycles. The van der Waals surface area contributed by atoms with E-state index in [1.165, 1.54) is 0 Å². The SMILES string of the molecule is COc1cccc(-c2noc(C3CCN(C)CC3)n2)c1. The van der Waals surface area contributed by atoms with Crippen LogP contribution in [0.3, 0.4) is 0 Å². The van der Waals surface area contributed by atoms with Crippen molar-refractivity contribution >= 4 is 0 Å². The van der Waals surface area contributed by atoms with Crippen LogP contribution in [0.15, 0.2) is 28.8 Å². The molecule has 3 rings (SSSR count). The molecule has 5 heteroatoms. The van der Waals surface area contributed by atoms with Crippen LogP contribution in [-0.2, 0) is 0 Å². The Labute approximate surface area is 118 Å². The van der Waals surface area contributed by atoms with Gasteiger partial charge in [0, 0.05) is 11.5 Å². The largest absolute Gasteiger partial charge is 0.497 e. The molecule has 0 aliphatic carbocycles. The maximum Gasteiger partial charge on any atom is 0.230 e. The van der Waals surface area contributed by atoms with Crippen LogP contribution in [0.1, 0.15) is 24.7 Å². The van der Waals surface area contributed by atoms with Crippen LogP contribution >= 0.6 is 0 Å². The molecule has 1 saturated heterocycles. The standard InChI is InChI=1S/C15H19N3O2/c1-18-8-6-11(7-9-18)15-16-14(17-20-15)12-4-3-5-13(10-12)19-2/h3-5,10-11H,6-9H2,1-2H3. The molecule has 1 aliphatic heterocycles. The fourth-order valence-electron chi connectivity index (χ4n) is 2.54. The quantitative estimate of drug-likeness (QED) is 0.860. The molecule has 1 aliphatic rings. The first-order chi connectivity index (χ1) is 9.76. The predicted octanol–water partition coefficient (Wildman–Crippen LogP) is 2.55. The van der Waals surface area contributed by atoms with Crippen molar-refractivity contribution in [3.05, 3.63) is 30.2 Å². The molecule has 1 fully saturated rings. The van der Waals surface area contributed by atoms with E-state index in [9.17, 15) is 0 Å². The van der Waals surface area contributed by atoms with E-state index in [0.29, 0.717) is 11.7 Å². The number of ether oxygens (including phenoxy) is 1. The van der Waals surface area contributed by atoms with Crippen molar-refractivity contribution in [3.63, 3.8) is 0 Å². The first-order valence-corrected chi connectivity index (χ1v) is 6.93. The number of methoxy groups -OCH3 is 1. The van der Waals surface area contributed by atoms with Crippen LogP contribution in [0.2, 0.25) is 0 Å². The Hall–Kier alpha value is -1.88. The molecule has 1 aromatic carbocycles. The van der Waals surface area contributed by atoms with Crippen molar-refractivity contribution in [2.24, 2.45) is 0 Å². The van der Waals surface area contributed by atoms with E-state index in [2.05, 4.69) is 22.1 Å². The van der Waals surface area contributed by atoms with Gasteiger partial charge in [-0.3, -0.25) is 0 Å². The number of benzene rings is 1. The Balaban J connectivity index is 1.79. The summed E-state index contributed by atoms with van der Waals surface area (Å²) in [5.74, 6) is 2.58. The van der Waals surface area contributed by atoms with E-state index in [1.807, 2.05) is 24.3 Å². The predicted molar refractivity (Wildman–Crippen MR) is 75.8 cm³/mol. The van der Waals surface area contributed by atoms with Gasteiger partial charge in [0.2, 0.25) is 11.7 Å². The van der Waals surface area contributed by atoms with E-state index in [1.54, 1.807) is 7.11 Å². The average molecular weight is 273 g/mol. The minimum atomic E-state index is 0.387. The molecule has 0 unspecified atom stereocenters. The smallest absolute Gasteiger partial charge is 0.230 e. The lowest BCUT2D eigenvalue weighted by Crippen LogP contribution is -2.29. The fourth-order valence-corrected chi connectivity index (χ4v) is 2.54. The molecule has 5 nitrogen and oxygen atoms in total. The van der Waals surface area contributed by atoms with Crippen LogP contribution in [0.4, 0.5) is 0 Å². The van der Waals surface area contributed by atoms with Crippen LogP contribution in [-0.4, -0.2) is 42.3 Å². The molecule has 0 atom stereocenters. The zero-order chi connectivity index (χ0) is 13.9. The van der Waals surface area contributed by atoms with E-state index in [0.717, 1.165) is 43.1 Å². The summed E-state index contributed by atoms with van der Waals surface area (Å²) in [6.45, 7) is 2.17.